The summed E-state index contributed by atoms with van der Waals surface area (Å²) in [5, 5.41) is 3.70. The molecule has 4 atom stereocenters. The van der Waals surface area contributed by atoms with E-state index in [1.807, 2.05) is 11.3 Å². The molecule has 2 bridgehead atoms. The van der Waals surface area contributed by atoms with E-state index in [9.17, 15) is 0 Å². The highest BCUT2D eigenvalue weighted by molar-refractivity contribution is 7.17. The Kier molecular flexibility index (Phi) is 3.12. The number of thiophene rings is 1. The maximum Gasteiger partial charge on any atom is 0.0377 e. The molecule has 2 aliphatic carbocycles. The zero-order valence-electron chi connectivity index (χ0n) is 12.4. The van der Waals surface area contributed by atoms with Crippen LogP contribution in [-0.2, 0) is 0 Å². The second kappa shape index (κ2) is 4.85. The van der Waals surface area contributed by atoms with Crippen LogP contribution in [0, 0.1) is 17.8 Å². The van der Waals surface area contributed by atoms with Crippen LogP contribution in [0.4, 0.5) is 0 Å². The van der Waals surface area contributed by atoms with Gasteiger partial charge in [0.05, 0.1) is 0 Å². The molecule has 2 saturated carbocycles. The van der Waals surface area contributed by atoms with E-state index in [0.717, 1.165) is 23.7 Å². The van der Waals surface area contributed by atoms with Gasteiger partial charge in [-0.2, -0.15) is 0 Å². The predicted octanol–water partition coefficient (Wildman–Crippen LogP) is 4.59. The summed E-state index contributed by atoms with van der Waals surface area (Å²) in [6.07, 6.45) is 4.41. The Labute approximate surface area is 125 Å². The number of hydrogen-bond acceptors (Lipinski definition) is 2. The molecule has 0 unspecified atom stereocenters. The summed E-state index contributed by atoms with van der Waals surface area (Å²) in [5.74, 6) is 3.59. The molecule has 2 aliphatic rings. The van der Waals surface area contributed by atoms with Gasteiger partial charge >= 0.3 is 0 Å². The third-order valence-corrected chi connectivity index (χ3v) is 6.51. The lowest BCUT2D eigenvalue weighted by Gasteiger charge is -2.33. The molecule has 1 aromatic heterocycles. The van der Waals surface area contributed by atoms with Gasteiger partial charge in [0.2, 0.25) is 0 Å². The van der Waals surface area contributed by atoms with Gasteiger partial charge in [-0.3, -0.25) is 0 Å². The standard InChI is InChI=1S/C18H23NS/c1-19(2)11-16-13-6-7-14(10-13)17(16)15-5-3-4-12-8-9-20-18(12)15/h3-5,8-9,13-14,16-17H,6-7,10-11H2,1-2H3/t13-,14+,16-,17+/m0/s1. The first-order valence-corrected chi connectivity index (χ1v) is 8.73. The Hall–Kier alpha value is -0.860. The number of nitrogens with zero attached hydrogens (tertiary/aromatic N) is 1. The van der Waals surface area contributed by atoms with Gasteiger partial charge in [0, 0.05) is 11.2 Å². The normalized spacial score (nSPS) is 32.5. The fourth-order valence-corrected chi connectivity index (χ4v) is 5.82. The molecule has 0 amide bonds. The van der Waals surface area contributed by atoms with Crippen molar-refractivity contribution in [2.75, 3.05) is 20.6 Å². The van der Waals surface area contributed by atoms with Crippen molar-refractivity contribution < 1.29 is 0 Å². The van der Waals surface area contributed by atoms with Crippen LogP contribution in [0.25, 0.3) is 10.1 Å². The summed E-state index contributed by atoms with van der Waals surface area (Å²) < 4.78 is 1.55. The smallest absolute Gasteiger partial charge is 0.0377 e. The highest BCUT2D eigenvalue weighted by Crippen LogP contribution is 2.57. The van der Waals surface area contributed by atoms with Crippen LogP contribution in [0.15, 0.2) is 29.6 Å². The Balaban J connectivity index is 1.77. The molecule has 1 heterocycles. The molecule has 0 spiro atoms. The summed E-state index contributed by atoms with van der Waals surface area (Å²) in [4.78, 5) is 2.40. The van der Waals surface area contributed by atoms with E-state index in [1.165, 1.54) is 31.2 Å². The van der Waals surface area contributed by atoms with E-state index in [2.05, 4.69) is 48.6 Å². The van der Waals surface area contributed by atoms with Gasteiger partial charge in [0.15, 0.2) is 0 Å². The van der Waals surface area contributed by atoms with Crippen LogP contribution in [-0.4, -0.2) is 25.5 Å². The number of rotatable bonds is 3. The quantitative estimate of drug-likeness (QED) is 0.797. The highest BCUT2D eigenvalue weighted by Gasteiger charge is 2.48. The van der Waals surface area contributed by atoms with Crippen molar-refractivity contribution in [2.24, 2.45) is 17.8 Å². The molecule has 2 aromatic rings. The lowest BCUT2D eigenvalue weighted by molar-refractivity contribution is 0.220. The first-order valence-electron chi connectivity index (χ1n) is 7.85. The fourth-order valence-electron chi connectivity index (χ4n) is 4.86. The molecule has 0 aliphatic heterocycles. The van der Waals surface area contributed by atoms with Crippen molar-refractivity contribution in [1.82, 2.24) is 4.90 Å². The van der Waals surface area contributed by atoms with E-state index >= 15 is 0 Å². The van der Waals surface area contributed by atoms with Gasteiger partial charge in [-0.25, -0.2) is 0 Å². The number of benzene rings is 1. The maximum absolute atomic E-state index is 2.41. The van der Waals surface area contributed by atoms with Gasteiger partial charge in [-0.1, -0.05) is 18.2 Å². The second-order valence-electron chi connectivity index (χ2n) is 6.97. The minimum atomic E-state index is 0.804. The fraction of sp³-hybridized carbons (Fsp3) is 0.556. The molecule has 2 fully saturated rings. The summed E-state index contributed by atoms with van der Waals surface area (Å²) >= 11 is 1.94. The Bertz CT molecular complexity index is 615. The zero-order valence-corrected chi connectivity index (χ0v) is 13.2. The minimum absolute atomic E-state index is 0.804. The molecule has 1 nitrogen and oxygen atoms in total. The van der Waals surface area contributed by atoms with E-state index in [1.54, 1.807) is 10.3 Å². The van der Waals surface area contributed by atoms with Crippen LogP contribution in [0.5, 0.6) is 0 Å². The van der Waals surface area contributed by atoms with Crippen molar-refractivity contribution in [3.05, 3.63) is 35.2 Å². The molecule has 0 saturated heterocycles. The molecule has 2 heteroatoms. The van der Waals surface area contributed by atoms with Crippen LogP contribution in [0.3, 0.4) is 0 Å². The van der Waals surface area contributed by atoms with Crippen LogP contribution in [0.2, 0.25) is 0 Å². The SMILES string of the molecule is CN(C)C[C@H]1[C@H]2CC[C@H](C2)[C@@H]1c1cccc2ccsc12. The summed E-state index contributed by atoms with van der Waals surface area (Å²) in [7, 11) is 4.46. The molecular weight excluding hydrogens is 262 g/mol. The van der Waals surface area contributed by atoms with Gasteiger partial charge < -0.3 is 4.90 Å². The van der Waals surface area contributed by atoms with Crippen molar-refractivity contribution >= 4 is 21.4 Å². The molecule has 0 N–H and O–H groups in total. The Morgan fingerprint density at radius 3 is 2.85 bits per heavy atom. The summed E-state index contributed by atoms with van der Waals surface area (Å²) in [5.41, 5.74) is 1.65. The molecule has 106 valence electrons. The first kappa shape index (κ1) is 12.8. The van der Waals surface area contributed by atoms with E-state index in [4.69, 9.17) is 0 Å². The zero-order chi connectivity index (χ0) is 13.7. The average Bonchev–Trinajstić information content (AvgIpc) is 3.12. The maximum atomic E-state index is 2.41. The minimum Gasteiger partial charge on any atom is -0.309 e. The number of hydrogen-bond donors (Lipinski definition) is 0. The summed E-state index contributed by atoms with van der Waals surface area (Å²) in [6.45, 7) is 1.26. The van der Waals surface area contributed by atoms with Gasteiger partial charge in [-0.05, 0) is 79.4 Å². The highest BCUT2D eigenvalue weighted by atomic mass is 32.1. The third-order valence-electron chi connectivity index (χ3n) is 5.53. The van der Waals surface area contributed by atoms with Crippen molar-refractivity contribution in [3.8, 4) is 0 Å². The van der Waals surface area contributed by atoms with Crippen molar-refractivity contribution in [1.29, 1.82) is 0 Å². The molecule has 1 aromatic carbocycles. The molecular formula is C18H23NS. The Morgan fingerprint density at radius 1 is 1.15 bits per heavy atom. The van der Waals surface area contributed by atoms with Gasteiger partial charge in [0.25, 0.3) is 0 Å². The Morgan fingerprint density at radius 2 is 2.00 bits per heavy atom. The molecule has 4 rings (SSSR count). The van der Waals surface area contributed by atoms with E-state index < -0.39 is 0 Å². The van der Waals surface area contributed by atoms with Crippen molar-refractivity contribution in [2.45, 2.75) is 25.2 Å². The van der Waals surface area contributed by atoms with Gasteiger partial charge in [-0.15, -0.1) is 11.3 Å². The van der Waals surface area contributed by atoms with Crippen LogP contribution >= 0.6 is 11.3 Å². The van der Waals surface area contributed by atoms with E-state index in [0.29, 0.717) is 0 Å². The van der Waals surface area contributed by atoms with Crippen LogP contribution < -0.4 is 0 Å². The molecule has 20 heavy (non-hydrogen) atoms. The first-order chi connectivity index (χ1) is 9.74. The van der Waals surface area contributed by atoms with E-state index in [-0.39, 0.29) is 0 Å². The third kappa shape index (κ3) is 1.93. The largest absolute Gasteiger partial charge is 0.309 e. The topological polar surface area (TPSA) is 3.24 Å². The number of fused-ring (bicyclic) bond motifs is 3. The predicted molar refractivity (Wildman–Crippen MR) is 87.4 cm³/mol. The average molecular weight is 285 g/mol. The lowest BCUT2D eigenvalue weighted by Crippen LogP contribution is -2.30. The molecule has 0 radical (unpaired) electrons. The second-order valence-corrected chi connectivity index (χ2v) is 7.89. The summed E-state index contributed by atoms with van der Waals surface area (Å²) in [6, 6.07) is 9.22. The van der Waals surface area contributed by atoms with Crippen molar-refractivity contribution in [3.63, 3.8) is 0 Å². The lowest BCUT2D eigenvalue weighted by atomic mass is 9.75. The monoisotopic (exact) mass is 285 g/mol. The van der Waals surface area contributed by atoms with Crippen LogP contribution in [0.1, 0.15) is 30.7 Å². The van der Waals surface area contributed by atoms with Gasteiger partial charge in [0.1, 0.15) is 0 Å².